The summed E-state index contributed by atoms with van der Waals surface area (Å²) in [6.07, 6.45) is 1.46. The molecule has 0 saturated carbocycles. The molecule has 0 spiro atoms. The van der Waals surface area contributed by atoms with Gasteiger partial charge in [0.2, 0.25) is 0 Å². The molecule has 100 valence electrons. The summed E-state index contributed by atoms with van der Waals surface area (Å²) >= 11 is 6.04. The zero-order valence-electron chi connectivity index (χ0n) is 10.9. The van der Waals surface area contributed by atoms with Gasteiger partial charge in [-0.1, -0.05) is 11.6 Å². The van der Waals surface area contributed by atoms with Gasteiger partial charge in [0, 0.05) is 19.3 Å². The van der Waals surface area contributed by atoms with Gasteiger partial charge in [-0.2, -0.15) is 0 Å². The van der Waals surface area contributed by atoms with E-state index in [0.29, 0.717) is 23.0 Å². The molecule has 0 saturated heterocycles. The Morgan fingerprint density at radius 3 is 2.83 bits per heavy atom. The van der Waals surface area contributed by atoms with Gasteiger partial charge in [-0.3, -0.25) is 0 Å². The molecule has 0 atom stereocenters. The number of halogens is 1. The molecule has 0 aliphatic rings. The van der Waals surface area contributed by atoms with Crippen molar-refractivity contribution in [3.63, 3.8) is 0 Å². The number of pyridine rings is 1. The monoisotopic (exact) mass is 271 g/mol. The molecule has 6 heteroatoms. The lowest BCUT2D eigenvalue weighted by Crippen LogP contribution is -2.21. The number of carbonyl (C=O) groups excluding carboxylic acids is 1. The molecule has 1 aromatic rings. The molecule has 0 aliphatic heterocycles. The highest BCUT2D eigenvalue weighted by Gasteiger charge is 2.10. The van der Waals surface area contributed by atoms with Gasteiger partial charge in [0.1, 0.15) is 5.82 Å². The number of likely N-dealkylation sites (N-methyl/N-ethyl adjacent to an activating group) is 1. The summed E-state index contributed by atoms with van der Waals surface area (Å²) in [6.45, 7) is 3.69. The number of anilines is 1. The predicted molar refractivity (Wildman–Crippen MR) is 72.2 cm³/mol. The first kappa shape index (κ1) is 14.7. The van der Waals surface area contributed by atoms with Crippen molar-refractivity contribution in [1.82, 2.24) is 9.88 Å². The summed E-state index contributed by atoms with van der Waals surface area (Å²) in [5, 5.41) is 3.52. The van der Waals surface area contributed by atoms with Crippen molar-refractivity contribution in [2.75, 3.05) is 39.1 Å². The molecule has 0 radical (unpaired) electrons. The van der Waals surface area contributed by atoms with Crippen LogP contribution in [0, 0.1) is 0 Å². The minimum atomic E-state index is -0.410. The number of nitrogens with zero attached hydrogens (tertiary/aromatic N) is 2. The molecule has 1 heterocycles. The Balaban J connectivity index is 2.65. The zero-order chi connectivity index (χ0) is 13.5. The third-order valence-corrected chi connectivity index (χ3v) is 2.49. The van der Waals surface area contributed by atoms with E-state index in [0.717, 1.165) is 13.1 Å². The van der Waals surface area contributed by atoms with E-state index in [4.69, 9.17) is 16.3 Å². The highest BCUT2D eigenvalue weighted by Crippen LogP contribution is 2.20. The van der Waals surface area contributed by atoms with Gasteiger partial charge in [-0.25, -0.2) is 9.78 Å². The van der Waals surface area contributed by atoms with E-state index in [1.54, 1.807) is 13.0 Å². The van der Waals surface area contributed by atoms with Crippen LogP contribution in [-0.2, 0) is 4.74 Å². The first-order valence-electron chi connectivity index (χ1n) is 5.76. The van der Waals surface area contributed by atoms with Gasteiger partial charge in [-0.05, 0) is 27.1 Å². The fourth-order valence-electron chi connectivity index (χ4n) is 1.29. The summed E-state index contributed by atoms with van der Waals surface area (Å²) in [4.78, 5) is 17.6. The van der Waals surface area contributed by atoms with E-state index in [2.05, 4.69) is 10.3 Å². The smallest absolute Gasteiger partial charge is 0.339 e. The van der Waals surface area contributed by atoms with Crippen LogP contribution in [0.15, 0.2) is 12.3 Å². The first-order chi connectivity index (χ1) is 8.54. The van der Waals surface area contributed by atoms with Gasteiger partial charge in [0.15, 0.2) is 0 Å². The van der Waals surface area contributed by atoms with E-state index in [-0.39, 0.29) is 0 Å². The number of ether oxygens (including phenoxy) is 1. The molecule has 1 N–H and O–H groups in total. The summed E-state index contributed by atoms with van der Waals surface area (Å²) in [5.74, 6) is 0.165. The molecule has 0 aliphatic carbocycles. The topological polar surface area (TPSA) is 54.5 Å². The van der Waals surface area contributed by atoms with Crippen molar-refractivity contribution < 1.29 is 9.53 Å². The van der Waals surface area contributed by atoms with Crippen LogP contribution in [0.1, 0.15) is 17.3 Å². The van der Waals surface area contributed by atoms with E-state index in [9.17, 15) is 4.79 Å². The summed E-state index contributed by atoms with van der Waals surface area (Å²) in [6, 6.07) is 1.56. The predicted octanol–water partition coefficient (Wildman–Crippen LogP) is 1.89. The van der Waals surface area contributed by atoms with Crippen LogP contribution in [-0.4, -0.2) is 49.6 Å². The number of carbonyl (C=O) groups is 1. The second-order valence-corrected chi connectivity index (χ2v) is 4.41. The minimum absolute atomic E-state index is 0.333. The van der Waals surface area contributed by atoms with Crippen LogP contribution in [0.25, 0.3) is 0 Å². The lowest BCUT2D eigenvalue weighted by Gasteiger charge is -2.12. The number of hydrogen-bond donors (Lipinski definition) is 1. The van der Waals surface area contributed by atoms with Crippen molar-refractivity contribution in [3.8, 4) is 0 Å². The Morgan fingerprint density at radius 1 is 1.56 bits per heavy atom. The molecule has 0 unspecified atom stereocenters. The van der Waals surface area contributed by atoms with Gasteiger partial charge >= 0.3 is 5.97 Å². The van der Waals surface area contributed by atoms with Crippen LogP contribution in [0.4, 0.5) is 5.82 Å². The molecular weight excluding hydrogens is 254 g/mol. The molecule has 1 aromatic heterocycles. The Bertz CT molecular complexity index is 410. The Morgan fingerprint density at radius 2 is 2.28 bits per heavy atom. The van der Waals surface area contributed by atoms with Crippen molar-refractivity contribution in [3.05, 3.63) is 22.8 Å². The zero-order valence-corrected chi connectivity index (χ0v) is 11.6. The average molecular weight is 272 g/mol. The fourth-order valence-corrected chi connectivity index (χ4v) is 1.53. The van der Waals surface area contributed by atoms with E-state index in [1.807, 2.05) is 19.0 Å². The number of esters is 1. The van der Waals surface area contributed by atoms with Crippen LogP contribution < -0.4 is 5.32 Å². The molecule has 5 nitrogen and oxygen atoms in total. The highest BCUT2D eigenvalue weighted by atomic mass is 35.5. The summed E-state index contributed by atoms with van der Waals surface area (Å²) in [7, 11) is 3.97. The van der Waals surface area contributed by atoms with Crippen molar-refractivity contribution in [1.29, 1.82) is 0 Å². The Labute approximate surface area is 112 Å². The Hall–Kier alpha value is -1.33. The van der Waals surface area contributed by atoms with Crippen LogP contribution >= 0.6 is 11.6 Å². The largest absolute Gasteiger partial charge is 0.462 e. The average Bonchev–Trinajstić information content (AvgIpc) is 2.31. The van der Waals surface area contributed by atoms with E-state index < -0.39 is 5.97 Å². The van der Waals surface area contributed by atoms with Crippen LogP contribution in [0.2, 0.25) is 5.02 Å². The molecule has 1 rings (SSSR count). The third kappa shape index (κ3) is 4.50. The standard InChI is InChI=1S/C12H18ClN3O2/c1-4-18-12(17)9-7-10(13)11(15-8-9)14-5-6-16(2)3/h7-8H,4-6H2,1-3H3,(H,14,15). The third-order valence-electron chi connectivity index (χ3n) is 2.20. The molecule has 0 fully saturated rings. The lowest BCUT2D eigenvalue weighted by molar-refractivity contribution is 0.0526. The summed E-state index contributed by atoms with van der Waals surface area (Å²) < 4.78 is 4.87. The maximum Gasteiger partial charge on any atom is 0.339 e. The maximum atomic E-state index is 11.5. The first-order valence-corrected chi connectivity index (χ1v) is 6.13. The molecule has 0 amide bonds. The number of aromatic nitrogens is 1. The second kappa shape index (κ2) is 7.18. The maximum absolute atomic E-state index is 11.5. The van der Waals surface area contributed by atoms with Crippen molar-refractivity contribution in [2.24, 2.45) is 0 Å². The normalized spacial score (nSPS) is 10.5. The summed E-state index contributed by atoms with van der Waals surface area (Å²) in [5.41, 5.74) is 0.361. The van der Waals surface area contributed by atoms with Gasteiger partial charge in [-0.15, -0.1) is 0 Å². The van der Waals surface area contributed by atoms with Gasteiger partial charge < -0.3 is 15.0 Å². The van der Waals surface area contributed by atoms with Crippen molar-refractivity contribution >= 4 is 23.4 Å². The van der Waals surface area contributed by atoms with E-state index >= 15 is 0 Å². The van der Waals surface area contributed by atoms with E-state index in [1.165, 1.54) is 6.20 Å². The molecule has 0 bridgehead atoms. The number of hydrogen-bond acceptors (Lipinski definition) is 5. The molecule has 18 heavy (non-hydrogen) atoms. The number of rotatable bonds is 6. The second-order valence-electron chi connectivity index (χ2n) is 4.00. The quantitative estimate of drug-likeness (QED) is 0.801. The van der Waals surface area contributed by atoms with Crippen LogP contribution in [0.3, 0.4) is 0 Å². The van der Waals surface area contributed by atoms with Gasteiger partial charge in [0.25, 0.3) is 0 Å². The molecule has 0 aromatic carbocycles. The molecular formula is C12H18ClN3O2. The van der Waals surface area contributed by atoms with Crippen molar-refractivity contribution in [2.45, 2.75) is 6.92 Å². The minimum Gasteiger partial charge on any atom is -0.462 e. The van der Waals surface area contributed by atoms with Gasteiger partial charge in [0.05, 0.1) is 17.2 Å². The SMILES string of the molecule is CCOC(=O)c1cnc(NCCN(C)C)c(Cl)c1. The fraction of sp³-hybridized carbons (Fsp3) is 0.500. The Kier molecular flexibility index (Phi) is 5.88. The van der Waals surface area contributed by atoms with Crippen LogP contribution in [0.5, 0.6) is 0 Å². The highest BCUT2D eigenvalue weighted by molar-refractivity contribution is 6.33. The number of nitrogens with one attached hydrogen (secondary N) is 1. The lowest BCUT2D eigenvalue weighted by atomic mass is 10.3.